The highest BCUT2D eigenvalue weighted by molar-refractivity contribution is 7.09. The highest BCUT2D eigenvalue weighted by Gasteiger charge is 2.19. The van der Waals surface area contributed by atoms with E-state index in [1.165, 1.54) is 34.6 Å². The van der Waals surface area contributed by atoms with E-state index in [1.54, 1.807) is 20.8 Å². The van der Waals surface area contributed by atoms with E-state index in [2.05, 4.69) is 30.4 Å². The molecule has 6 aromatic heterocycles. The Kier molecular flexibility index (Phi) is 8.61. The summed E-state index contributed by atoms with van der Waals surface area (Å²) in [5.41, 5.74) is 7.35. The molecule has 0 spiro atoms. The SMILES string of the molecule is Cc1nc(-c2cccc(-c3nc(-c4cc(-c5nsc(-c6cccc(-c7noc(C)n7)c6)n5)cc(-c5nsc(-c6cccc(-c7noc(C)n7)c6)n5)c4)ns3)c2)no1. The molecule has 0 radical (unpaired) electrons. The number of rotatable bonds is 9. The zero-order valence-electron chi connectivity index (χ0n) is 30.0. The summed E-state index contributed by atoms with van der Waals surface area (Å²) in [6.45, 7) is 5.28. The fourth-order valence-electron chi connectivity index (χ4n) is 6.01. The zero-order chi connectivity index (χ0) is 38.5. The fraction of sp³-hybridized carbons (Fsp3) is 0.0769. The number of hydrogen-bond acceptors (Lipinski definition) is 18. The molecule has 0 aliphatic carbocycles. The average molecular weight is 805 g/mol. The first kappa shape index (κ1) is 34.5. The van der Waals surface area contributed by atoms with Gasteiger partial charge in [-0.25, -0.2) is 15.0 Å². The van der Waals surface area contributed by atoms with Gasteiger partial charge in [-0.05, 0) is 71.0 Å². The van der Waals surface area contributed by atoms with Crippen LogP contribution in [0.1, 0.15) is 17.7 Å². The summed E-state index contributed by atoms with van der Waals surface area (Å²) in [4.78, 5) is 28.0. The van der Waals surface area contributed by atoms with E-state index in [4.69, 9.17) is 41.6 Å². The molecule has 0 N–H and O–H groups in total. The summed E-state index contributed by atoms with van der Waals surface area (Å²) in [5.74, 6) is 4.62. The minimum atomic E-state index is 0.493. The van der Waals surface area contributed by atoms with Crippen LogP contribution in [-0.2, 0) is 0 Å². The second-order valence-electron chi connectivity index (χ2n) is 12.7. The molecule has 0 saturated heterocycles. The Balaban J connectivity index is 1.03. The van der Waals surface area contributed by atoms with Crippen LogP contribution < -0.4 is 0 Å². The van der Waals surface area contributed by atoms with E-state index in [9.17, 15) is 0 Å². The molecule has 10 aromatic rings. The summed E-state index contributed by atoms with van der Waals surface area (Å²) in [7, 11) is 0. The Labute approximate surface area is 334 Å². The highest BCUT2D eigenvalue weighted by atomic mass is 32.1. The molecule has 0 unspecified atom stereocenters. The van der Waals surface area contributed by atoms with E-state index in [1.807, 2.05) is 91.0 Å². The average Bonchev–Trinajstić information content (AvgIpc) is 4.10. The van der Waals surface area contributed by atoms with E-state index >= 15 is 0 Å². The molecule has 10 rings (SSSR count). The highest BCUT2D eigenvalue weighted by Crippen LogP contribution is 2.36. The molecule has 0 saturated carbocycles. The number of aryl methyl sites for hydroxylation is 3. The molecule has 0 bridgehead atoms. The van der Waals surface area contributed by atoms with Gasteiger partial charge < -0.3 is 13.6 Å². The quantitative estimate of drug-likeness (QED) is 0.134. The van der Waals surface area contributed by atoms with Gasteiger partial charge in [0.05, 0.1) is 0 Å². The number of benzene rings is 4. The summed E-state index contributed by atoms with van der Waals surface area (Å²) < 4.78 is 30.0. The number of hydrogen-bond donors (Lipinski definition) is 0. The second kappa shape index (κ2) is 14.2. The predicted molar refractivity (Wildman–Crippen MR) is 214 cm³/mol. The Hall–Kier alpha value is -7.02. The lowest BCUT2D eigenvalue weighted by Gasteiger charge is -2.05. The van der Waals surface area contributed by atoms with E-state index in [0.717, 1.165) is 65.1 Å². The zero-order valence-corrected chi connectivity index (χ0v) is 32.4. The van der Waals surface area contributed by atoms with Crippen LogP contribution in [0.2, 0.25) is 0 Å². The topological polar surface area (TPSA) is 194 Å². The Morgan fingerprint density at radius 3 is 0.895 bits per heavy atom. The molecular formula is C39H24N12O3S3. The van der Waals surface area contributed by atoms with Gasteiger partial charge in [0.2, 0.25) is 35.1 Å². The first-order valence-electron chi connectivity index (χ1n) is 17.3. The van der Waals surface area contributed by atoms with Crippen molar-refractivity contribution in [2.24, 2.45) is 0 Å². The molecule has 4 aromatic carbocycles. The van der Waals surface area contributed by atoms with Gasteiger partial charge in [-0.3, -0.25) is 0 Å². The maximum atomic E-state index is 5.20. The van der Waals surface area contributed by atoms with Crippen molar-refractivity contribution >= 4 is 34.6 Å². The molecule has 0 aliphatic rings. The standard InChI is InChI=1S/C39H24N12O3S3/c1-19-40-31(46-52-19)22-7-4-10-25(13-22)37-43-34(49-55-37)28-16-29(35-44-38(56-50-35)26-11-5-8-23(14-26)32-41-20(2)53-47-32)18-30(17-28)36-45-39(57-51-36)27-12-6-9-24(15-27)33-42-21(3)54-48-33/h4-18H,1-3H3. The van der Waals surface area contributed by atoms with E-state index in [-0.39, 0.29) is 0 Å². The summed E-state index contributed by atoms with van der Waals surface area (Å²) in [6, 6.07) is 29.4. The first-order chi connectivity index (χ1) is 27.9. The van der Waals surface area contributed by atoms with E-state index < -0.39 is 0 Å². The third kappa shape index (κ3) is 6.92. The number of nitrogens with zero attached hydrogens (tertiary/aromatic N) is 12. The molecule has 0 fully saturated rings. The molecule has 6 heterocycles. The monoisotopic (exact) mass is 804 g/mol. The Bertz CT molecular complexity index is 2730. The van der Waals surface area contributed by atoms with Gasteiger partial charge in [0.1, 0.15) is 15.0 Å². The van der Waals surface area contributed by atoms with Gasteiger partial charge in [0.15, 0.2) is 17.5 Å². The van der Waals surface area contributed by atoms with Gasteiger partial charge in [0.25, 0.3) is 0 Å². The molecule has 0 aliphatic heterocycles. The smallest absolute Gasteiger partial charge is 0.223 e. The van der Waals surface area contributed by atoms with Crippen molar-refractivity contribution in [1.82, 2.24) is 58.5 Å². The van der Waals surface area contributed by atoms with Crippen LogP contribution in [-0.4, -0.2) is 58.5 Å². The third-order valence-corrected chi connectivity index (χ3v) is 11.0. The Morgan fingerprint density at radius 1 is 0.333 bits per heavy atom. The minimum Gasteiger partial charge on any atom is -0.339 e. The molecule has 57 heavy (non-hydrogen) atoms. The molecule has 15 nitrogen and oxygen atoms in total. The molecule has 0 atom stereocenters. The fourth-order valence-corrected chi connectivity index (χ4v) is 8.05. The van der Waals surface area contributed by atoms with Crippen LogP contribution in [0, 0.1) is 20.8 Å². The number of aromatic nitrogens is 12. The van der Waals surface area contributed by atoms with Gasteiger partial charge in [-0.15, -0.1) is 0 Å². The third-order valence-electron chi connectivity index (χ3n) is 8.67. The predicted octanol–water partition coefficient (Wildman–Crippen LogP) is 9.32. The lowest BCUT2D eigenvalue weighted by atomic mass is 10.0. The van der Waals surface area contributed by atoms with Gasteiger partial charge in [-0.2, -0.15) is 28.1 Å². The minimum absolute atomic E-state index is 0.493. The first-order valence-corrected chi connectivity index (χ1v) is 19.6. The Morgan fingerprint density at radius 2 is 0.614 bits per heavy atom. The molecule has 18 heteroatoms. The van der Waals surface area contributed by atoms with Crippen LogP contribution in [0.25, 0.3) is 100 Å². The van der Waals surface area contributed by atoms with Crippen LogP contribution in [0.15, 0.2) is 105 Å². The summed E-state index contributed by atoms with van der Waals surface area (Å²) in [5, 5.41) is 14.4. The van der Waals surface area contributed by atoms with E-state index in [0.29, 0.717) is 52.6 Å². The maximum Gasteiger partial charge on any atom is 0.223 e. The molecular weight excluding hydrogens is 781 g/mol. The van der Waals surface area contributed by atoms with Crippen molar-refractivity contribution in [3.8, 4) is 100 Å². The summed E-state index contributed by atoms with van der Waals surface area (Å²) in [6.07, 6.45) is 0. The van der Waals surface area contributed by atoms with Gasteiger partial charge in [0, 0.05) is 70.8 Å². The van der Waals surface area contributed by atoms with Gasteiger partial charge in [-0.1, -0.05) is 70.1 Å². The largest absolute Gasteiger partial charge is 0.339 e. The van der Waals surface area contributed by atoms with Crippen molar-refractivity contribution in [2.45, 2.75) is 20.8 Å². The van der Waals surface area contributed by atoms with Crippen LogP contribution in [0.5, 0.6) is 0 Å². The second-order valence-corrected chi connectivity index (χ2v) is 15.0. The van der Waals surface area contributed by atoms with Crippen LogP contribution >= 0.6 is 34.6 Å². The normalized spacial score (nSPS) is 11.4. The van der Waals surface area contributed by atoms with Crippen molar-refractivity contribution in [2.75, 3.05) is 0 Å². The van der Waals surface area contributed by atoms with Crippen LogP contribution in [0.3, 0.4) is 0 Å². The van der Waals surface area contributed by atoms with Crippen molar-refractivity contribution in [3.63, 3.8) is 0 Å². The van der Waals surface area contributed by atoms with Gasteiger partial charge >= 0.3 is 0 Å². The summed E-state index contributed by atoms with van der Waals surface area (Å²) >= 11 is 3.89. The van der Waals surface area contributed by atoms with Crippen molar-refractivity contribution < 1.29 is 13.6 Å². The lowest BCUT2D eigenvalue weighted by molar-refractivity contribution is 0.394. The van der Waals surface area contributed by atoms with Crippen molar-refractivity contribution in [1.29, 1.82) is 0 Å². The van der Waals surface area contributed by atoms with Crippen molar-refractivity contribution in [3.05, 3.63) is 109 Å². The lowest BCUT2D eigenvalue weighted by Crippen LogP contribution is -1.90. The molecule has 276 valence electrons. The molecule has 0 amide bonds. The van der Waals surface area contributed by atoms with Crippen LogP contribution in [0.4, 0.5) is 0 Å². The maximum absolute atomic E-state index is 5.20.